The standard InChI is InChI=1S/C29H31N5OS/c1-5-33(6-2)23-11-13-24(14-12-23)34-19(3)15-21(20(34)4)16-22(17-30)28(35)32-29-26(18-31)25-9-7-8-10-27(25)36-29/h11-16H,5-10H2,1-4H3,(H,32,35)/b22-16+. The maximum Gasteiger partial charge on any atom is 0.266 e. The van der Waals surface area contributed by atoms with Crippen molar-refractivity contribution in [3.8, 4) is 17.8 Å². The number of nitrogens with zero attached hydrogens (tertiary/aromatic N) is 4. The first-order valence-electron chi connectivity index (χ1n) is 12.4. The molecule has 1 N–H and O–H groups in total. The van der Waals surface area contributed by atoms with Crippen LogP contribution < -0.4 is 10.2 Å². The third-order valence-electron chi connectivity index (χ3n) is 6.88. The molecule has 0 unspecified atom stereocenters. The molecule has 0 spiro atoms. The molecule has 2 heterocycles. The van der Waals surface area contributed by atoms with Gasteiger partial charge in [0.15, 0.2) is 0 Å². The van der Waals surface area contributed by atoms with E-state index >= 15 is 0 Å². The summed E-state index contributed by atoms with van der Waals surface area (Å²) in [6, 6.07) is 14.7. The second-order valence-electron chi connectivity index (χ2n) is 9.00. The highest BCUT2D eigenvalue weighted by Crippen LogP contribution is 2.38. The second kappa shape index (κ2) is 10.8. The Bertz CT molecular complexity index is 1390. The van der Waals surface area contributed by atoms with E-state index in [1.54, 1.807) is 6.08 Å². The lowest BCUT2D eigenvalue weighted by Crippen LogP contribution is -2.21. The Morgan fingerprint density at radius 1 is 1.14 bits per heavy atom. The molecule has 0 aliphatic heterocycles. The van der Waals surface area contributed by atoms with Gasteiger partial charge in [-0.05, 0) is 101 Å². The molecule has 0 saturated heterocycles. The number of hydrogen-bond donors (Lipinski definition) is 1. The largest absolute Gasteiger partial charge is 0.372 e. The van der Waals surface area contributed by atoms with E-state index < -0.39 is 5.91 Å². The van der Waals surface area contributed by atoms with Crippen LogP contribution in [0.1, 0.15) is 59.6 Å². The normalized spacial score (nSPS) is 13.0. The molecule has 0 radical (unpaired) electrons. The van der Waals surface area contributed by atoms with E-state index in [0.717, 1.165) is 67.0 Å². The molecule has 0 atom stereocenters. The van der Waals surface area contributed by atoms with Crippen LogP contribution in [-0.4, -0.2) is 23.6 Å². The summed E-state index contributed by atoms with van der Waals surface area (Å²) in [5.41, 5.74) is 6.62. The van der Waals surface area contributed by atoms with E-state index in [1.807, 2.05) is 19.9 Å². The van der Waals surface area contributed by atoms with Crippen LogP contribution >= 0.6 is 11.3 Å². The van der Waals surface area contributed by atoms with Gasteiger partial charge >= 0.3 is 0 Å². The summed E-state index contributed by atoms with van der Waals surface area (Å²) in [7, 11) is 0. The summed E-state index contributed by atoms with van der Waals surface area (Å²) in [4.78, 5) is 16.5. The van der Waals surface area contributed by atoms with Crippen molar-refractivity contribution in [2.45, 2.75) is 53.4 Å². The minimum Gasteiger partial charge on any atom is -0.372 e. The fourth-order valence-corrected chi connectivity index (χ4v) is 6.21. The first kappa shape index (κ1) is 25.3. The molecule has 0 bridgehead atoms. The Kier molecular flexibility index (Phi) is 7.62. The van der Waals surface area contributed by atoms with E-state index in [2.05, 4.69) is 65.0 Å². The molecular weight excluding hydrogens is 466 g/mol. The molecule has 184 valence electrons. The summed E-state index contributed by atoms with van der Waals surface area (Å²) in [6.07, 6.45) is 5.60. The van der Waals surface area contributed by atoms with Gasteiger partial charge in [0.25, 0.3) is 5.91 Å². The molecule has 4 rings (SSSR count). The number of nitriles is 2. The SMILES string of the molecule is CCN(CC)c1ccc(-n2c(C)cc(/C=C(\C#N)C(=O)Nc3sc4c(c3C#N)CCCC4)c2C)cc1. The van der Waals surface area contributed by atoms with E-state index in [9.17, 15) is 15.3 Å². The number of fused-ring (bicyclic) bond motifs is 1. The Labute approximate surface area is 217 Å². The molecule has 1 amide bonds. The van der Waals surface area contributed by atoms with Gasteiger partial charge < -0.3 is 14.8 Å². The van der Waals surface area contributed by atoms with Gasteiger partial charge in [0.2, 0.25) is 0 Å². The lowest BCUT2D eigenvalue weighted by Gasteiger charge is -2.21. The van der Waals surface area contributed by atoms with Crippen LogP contribution in [0.15, 0.2) is 35.9 Å². The molecule has 0 fully saturated rings. The Hall–Kier alpha value is -3.81. The van der Waals surface area contributed by atoms with Crippen LogP contribution in [0.3, 0.4) is 0 Å². The van der Waals surface area contributed by atoms with Crippen LogP contribution in [0.25, 0.3) is 11.8 Å². The number of carbonyl (C=O) groups is 1. The van der Waals surface area contributed by atoms with Gasteiger partial charge in [-0.25, -0.2) is 0 Å². The summed E-state index contributed by atoms with van der Waals surface area (Å²) in [6.45, 7) is 10.2. The fourth-order valence-electron chi connectivity index (χ4n) is 4.98. The molecule has 1 aliphatic carbocycles. The number of aromatic nitrogens is 1. The number of hydrogen-bond acceptors (Lipinski definition) is 5. The highest BCUT2D eigenvalue weighted by Gasteiger charge is 2.23. The van der Waals surface area contributed by atoms with Crippen LogP contribution in [0.5, 0.6) is 0 Å². The molecule has 2 aromatic heterocycles. The van der Waals surface area contributed by atoms with E-state index in [-0.39, 0.29) is 5.57 Å². The van der Waals surface area contributed by atoms with Crippen molar-refractivity contribution in [2.24, 2.45) is 0 Å². The number of thiophene rings is 1. The highest BCUT2D eigenvalue weighted by atomic mass is 32.1. The van der Waals surface area contributed by atoms with Crippen LogP contribution in [0, 0.1) is 36.5 Å². The number of anilines is 2. The average molecular weight is 498 g/mol. The Morgan fingerprint density at radius 3 is 2.47 bits per heavy atom. The number of rotatable bonds is 7. The third-order valence-corrected chi connectivity index (χ3v) is 8.09. The second-order valence-corrected chi connectivity index (χ2v) is 10.1. The monoisotopic (exact) mass is 497 g/mol. The van der Waals surface area contributed by atoms with Crippen molar-refractivity contribution < 1.29 is 4.79 Å². The minimum absolute atomic E-state index is 0.0161. The zero-order valence-corrected chi connectivity index (χ0v) is 22.1. The quantitative estimate of drug-likeness (QED) is 0.307. The number of aryl methyl sites for hydroxylation is 2. The van der Waals surface area contributed by atoms with Crippen LogP contribution in [-0.2, 0) is 17.6 Å². The number of nitrogens with one attached hydrogen (secondary N) is 1. The molecular formula is C29H31N5OS. The molecule has 36 heavy (non-hydrogen) atoms. The lowest BCUT2D eigenvalue weighted by atomic mass is 9.96. The number of benzene rings is 1. The summed E-state index contributed by atoms with van der Waals surface area (Å²) in [5.74, 6) is -0.485. The van der Waals surface area contributed by atoms with Gasteiger partial charge in [0.1, 0.15) is 22.7 Å². The molecule has 3 aromatic rings. The van der Waals surface area contributed by atoms with E-state index in [0.29, 0.717) is 10.6 Å². The zero-order chi connectivity index (χ0) is 25.8. The Morgan fingerprint density at radius 2 is 1.83 bits per heavy atom. The molecule has 7 heteroatoms. The van der Waals surface area contributed by atoms with E-state index in [1.165, 1.54) is 21.9 Å². The average Bonchev–Trinajstić information content (AvgIpc) is 3.38. The lowest BCUT2D eigenvalue weighted by molar-refractivity contribution is -0.112. The minimum atomic E-state index is -0.485. The van der Waals surface area contributed by atoms with Crippen LogP contribution in [0.4, 0.5) is 10.7 Å². The van der Waals surface area contributed by atoms with Crippen molar-refractivity contribution in [3.05, 3.63) is 68.9 Å². The maximum absolute atomic E-state index is 13.0. The van der Waals surface area contributed by atoms with Crippen molar-refractivity contribution >= 4 is 34.0 Å². The number of carbonyl (C=O) groups excluding carboxylic acids is 1. The Balaban J connectivity index is 1.61. The molecule has 0 saturated carbocycles. The fraction of sp³-hybridized carbons (Fsp3) is 0.345. The van der Waals surface area contributed by atoms with Crippen molar-refractivity contribution in [2.75, 3.05) is 23.3 Å². The summed E-state index contributed by atoms with van der Waals surface area (Å²) >= 11 is 1.46. The van der Waals surface area contributed by atoms with Crippen molar-refractivity contribution in [1.29, 1.82) is 10.5 Å². The van der Waals surface area contributed by atoms with E-state index in [4.69, 9.17) is 0 Å². The molecule has 1 aliphatic rings. The first-order valence-corrected chi connectivity index (χ1v) is 13.3. The van der Waals surface area contributed by atoms with Gasteiger partial charge in [-0.1, -0.05) is 0 Å². The van der Waals surface area contributed by atoms with Gasteiger partial charge in [-0.15, -0.1) is 11.3 Å². The van der Waals surface area contributed by atoms with Crippen LogP contribution in [0.2, 0.25) is 0 Å². The van der Waals surface area contributed by atoms with Gasteiger partial charge in [-0.2, -0.15) is 10.5 Å². The van der Waals surface area contributed by atoms with Gasteiger partial charge in [0.05, 0.1) is 5.56 Å². The molecule has 1 aromatic carbocycles. The summed E-state index contributed by atoms with van der Waals surface area (Å²) < 4.78 is 2.13. The summed E-state index contributed by atoms with van der Waals surface area (Å²) in [5, 5.41) is 22.9. The van der Waals surface area contributed by atoms with Crippen molar-refractivity contribution in [1.82, 2.24) is 4.57 Å². The predicted molar refractivity (Wildman–Crippen MR) is 147 cm³/mol. The number of amides is 1. The predicted octanol–water partition coefficient (Wildman–Crippen LogP) is 6.30. The maximum atomic E-state index is 13.0. The topological polar surface area (TPSA) is 84.8 Å². The van der Waals surface area contributed by atoms with Crippen molar-refractivity contribution in [3.63, 3.8) is 0 Å². The zero-order valence-electron chi connectivity index (χ0n) is 21.3. The third kappa shape index (κ3) is 4.80. The first-order chi connectivity index (χ1) is 17.4. The smallest absolute Gasteiger partial charge is 0.266 e. The van der Waals surface area contributed by atoms with Gasteiger partial charge in [0, 0.05) is 40.7 Å². The van der Waals surface area contributed by atoms with Gasteiger partial charge in [-0.3, -0.25) is 4.79 Å². The molecule has 6 nitrogen and oxygen atoms in total. The highest BCUT2D eigenvalue weighted by molar-refractivity contribution is 7.16.